The first kappa shape index (κ1) is 14.6. The van der Waals surface area contributed by atoms with Crippen LogP contribution >= 0.6 is 11.3 Å². The molecule has 1 heterocycles. The highest BCUT2D eigenvalue weighted by atomic mass is 32.1. The van der Waals surface area contributed by atoms with Gasteiger partial charge in [0.2, 0.25) is 0 Å². The summed E-state index contributed by atoms with van der Waals surface area (Å²) < 4.78 is 0. The minimum atomic E-state index is 0.308. The van der Waals surface area contributed by atoms with Crippen molar-refractivity contribution in [2.45, 2.75) is 90.9 Å². The lowest BCUT2D eigenvalue weighted by molar-refractivity contribution is 0.315. The van der Waals surface area contributed by atoms with Crippen molar-refractivity contribution < 1.29 is 0 Å². The van der Waals surface area contributed by atoms with Gasteiger partial charge in [0.25, 0.3) is 0 Å². The number of fused-ring (bicyclic) bond motifs is 1. The molecule has 0 unspecified atom stereocenters. The first-order valence-electron chi connectivity index (χ1n) is 8.28. The molecule has 0 nitrogen and oxygen atoms in total. The Labute approximate surface area is 129 Å². The average Bonchev–Trinajstić information content (AvgIpc) is 2.90. The molecular weight excluding hydrogens is 260 g/mol. The highest BCUT2D eigenvalue weighted by Crippen LogP contribution is 2.55. The van der Waals surface area contributed by atoms with E-state index in [0.29, 0.717) is 16.2 Å². The van der Waals surface area contributed by atoms with Crippen molar-refractivity contribution in [3.63, 3.8) is 0 Å². The lowest BCUT2D eigenvalue weighted by Gasteiger charge is -2.26. The first-order chi connectivity index (χ1) is 9.12. The van der Waals surface area contributed by atoms with Crippen molar-refractivity contribution in [1.29, 1.82) is 0 Å². The van der Waals surface area contributed by atoms with E-state index >= 15 is 0 Å². The van der Waals surface area contributed by atoms with Crippen LogP contribution in [-0.4, -0.2) is 0 Å². The lowest BCUT2D eigenvalue weighted by Crippen LogP contribution is -2.19. The van der Waals surface area contributed by atoms with Crippen LogP contribution in [0.3, 0.4) is 0 Å². The summed E-state index contributed by atoms with van der Waals surface area (Å²) >= 11 is 2.12. The zero-order chi connectivity index (χ0) is 14.8. The van der Waals surface area contributed by atoms with Crippen molar-refractivity contribution in [3.8, 4) is 0 Å². The molecule has 0 atom stereocenters. The van der Waals surface area contributed by atoms with Crippen LogP contribution < -0.4 is 0 Å². The number of thiophene rings is 1. The summed E-state index contributed by atoms with van der Waals surface area (Å²) in [4.78, 5) is 3.36. The van der Waals surface area contributed by atoms with E-state index < -0.39 is 0 Å². The number of hydrogen-bond acceptors (Lipinski definition) is 1. The molecule has 2 aliphatic rings. The maximum Gasteiger partial charge on any atom is 0.0137 e. The van der Waals surface area contributed by atoms with Crippen molar-refractivity contribution in [2.75, 3.05) is 0 Å². The summed E-state index contributed by atoms with van der Waals surface area (Å²) in [6, 6.07) is 0. The Hall–Kier alpha value is -0.300. The maximum absolute atomic E-state index is 2.39. The van der Waals surface area contributed by atoms with Gasteiger partial charge < -0.3 is 0 Å². The summed E-state index contributed by atoms with van der Waals surface area (Å²) in [5.74, 6) is 0. The topological polar surface area (TPSA) is 0 Å². The first-order valence-corrected chi connectivity index (χ1v) is 9.10. The van der Waals surface area contributed by atoms with E-state index in [1.165, 1.54) is 38.5 Å². The Morgan fingerprint density at radius 2 is 1.15 bits per heavy atom. The Kier molecular flexibility index (Phi) is 3.18. The molecule has 0 N–H and O–H groups in total. The molecule has 0 radical (unpaired) electrons. The van der Waals surface area contributed by atoms with Gasteiger partial charge in [-0.15, -0.1) is 11.3 Å². The lowest BCUT2D eigenvalue weighted by atomic mass is 9.82. The van der Waals surface area contributed by atoms with Crippen molar-refractivity contribution >= 4 is 11.3 Å². The van der Waals surface area contributed by atoms with Gasteiger partial charge in [0.05, 0.1) is 0 Å². The van der Waals surface area contributed by atoms with Crippen LogP contribution in [-0.2, 0) is 23.7 Å². The number of hydrogen-bond donors (Lipinski definition) is 0. The summed E-state index contributed by atoms with van der Waals surface area (Å²) in [5, 5.41) is 0. The van der Waals surface area contributed by atoms with Gasteiger partial charge in [-0.1, -0.05) is 54.4 Å². The van der Waals surface area contributed by atoms with Crippen LogP contribution in [0.4, 0.5) is 0 Å². The monoisotopic (exact) mass is 290 g/mol. The third-order valence-electron chi connectivity index (χ3n) is 5.25. The molecule has 0 aromatic carbocycles. The van der Waals surface area contributed by atoms with Crippen molar-refractivity contribution in [3.05, 3.63) is 20.9 Å². The second-order valence-electron chi connectivity index (χ2n) is 9.28. The second-order valence-corrected chi connectivity index (χ2v) is 10.3. The van der Waals surface area contributed by atoms with Gasteiger partial charge in [-0.2, -0.15) is 0 Å². The van der Waals surface area contributed by atoms with E-state index in [1.807, 2.05) is 0 Å². The highest BCUT2D eigenvalue weighted by Gasteiger charge is 2.44. The summed E-state index contributed by atoms with van der Waals surface area (Å²) in [6.07, 6.45) is 8.62. The van der Waals surface area contributed by atoms with Gasteiger partial charge >= 0.3 is 0 Å². The smallest absolute Gasteiger partial charge is 0.0137 e. The normalized spacial score (nSPS) is 21.7. The van der Waals surface area contributed by atoms with Crippen molar-refractivity contribution in [1.82, 2.24) is 0 Å². The van der Waals surface area contributed by atoms with Crippen LogP contribution in [0.25, 0.3) is 0 Å². The molecule has 3 rings (SSSR count). The Bertz CT molecular complexity index is 473. The fourth-order valence-electron chi connectivity index (χ4n) is 4.38. The van der Waals surface area contributed by atoms with Crippen LogP contribution in [0.2, 0.25) is 0 Å². The molecule has 1 heteroatoms. The maximum atomic E-state index is 2.39. The van der Waals surface area contributed by atoms with Crippen LogP contribution in [0.15, 0.2) is 0 Å². The van der Waals surface area contributed by atoms with Gasteiger partial charge in [-0.3, -0.25) is 0 Å². The van der Waals surface area contributed by atoms with Crippen LogP contribution in [0.5, 0.6) is 0 Å². The standard InChI is InChI=1S/C19H30S/c1-17(2,3)15-13-11-19(9-7-8-10-19)12-14(13)16(20-15)18(4,5)6/h7-12H2,1-6H3. The van der Waals surface area contributed by atoms with Gasteiger partial charge in [0.1, 0.15) is 0 Å². The largest absolute Gasteiger partial charge is 0.144 e. The minimum absolute atomic E-state index is 0.308. The summed E-state index contributed by atoms with van der Waals surface area (Å²) in [5.41, 5.74) is 4.78. The minimum Gasteiger partial charge on any atom is -0.144 e. The quantitative estimate of drug-likeness (QED) is 0.549. The van der Waals surface area contributed by atoms with Gasteiger partial charge in [0, 0.05) is 9.75 Å². The van der Waals surface area contributed by atoms with Crippen LogP contribution in [0.1, 0.15) is 88.1 Å². The molecule has 1 aromatic rings. The van der Waals surface area contributed by atoms with Crippen molar-refractivity contribution in [2.24, 2.45) is 5.41 Å². The molecule has 0 saturated heterocycles. The van der Waals surface area contributed by atoms with E-state index in [2.05, 4.69) is 52.9 Å². The van der Waals surface area contributed by atoms with E-state index in [-0.39, 0.29) is 0 Å². The molecule has 0 amide bonds. The molecule has 0 bridgehead atoms. The molecule has 20 heavy (non-hydrogen) atoms. The predicted molar refractivity (Wildman–Crippen MR) is 90.0 cm³/mol. The Morgan fingerprint density at radius 3 is 1.50 bits per heavy atom. The summed E-state index contributed by atoms with van der Waals surface area (Å²) in [6.45, 7) is 14.4. The third kappa shape index (κ3) is 2.26. The van der Waals surface area contributed by atoms with E-state index in [4.69, 9.17) is 0 Å². The van der Waals surface area contributed by atoms with E-state index in [0.717, 1.165) is 0 Å². The SMILES string of the molecule is CC(C)(C)c1sc(C(C)(C)C)c2c1CC1(CCCC1)C2. The Balaban J connectivity index is 2.10. The number of rotatable bonds is 0. The summed E-state index contributed by atoms with van der Waals surface area (Å²) in [7, 11) is 0. The zero-order valence-electron chi connectivity index (χ0n) is 14.2. The fraction of sp³-hybridized carbons (Fsp3) is 0.789. The van der Waals surface area contributed by atoms with Crippen LogP contribution in [0, 0.1) is 5.41 Å². The molecule has 112 valence electrons. The molecule has 1 aromatic heterocycles. The predicted octanol–water partition coefficient (Wildman–Crippen LogP) is 6.00. The molecule has 2 aliphatic carbocycles. The molecule has 1 saturated carbocycles. The average molecular weight is 291 g/mol. The molecule has 1 fully saturated rings. The van der Waals surface area contributed by atoms with E-state index in [1.54, 1.807) is 20.9 Å². The zero-order valence-corrected chi connectivity index (χ0v) is 15.0. The Morgan fingerprint density at radius 1 is 0.750 bits per heavy atom. The van der Waals surface area contributed by atoms with Gasteiger partial charge in [-0.25, -0.2) is 0 Å². The highest BCUT2D eigenvalue weighted by molar-refractivity contribution is 7.12. The molecule has 0 aliphatic heterocycles. The second kappa shape index (κ2) is 4.35. The molecular formula is C19H30S. The fourth-order valence-corrected chi connectivity index (χ4v) is 5.83. The van der Waals surface area contributed by atoms with Gasteiger partial charge in [-0.05, 0) is 53.1 Å². The van der Waals surface area contributed by atoms with E-state index in [9.17, 15) is 0 Å². The third-order valence-corrected chi connectivity index (χ3v) is 7.37. The molecule has 1 spiro atoms. The van der Waals surface area contributed by atoms with Gasteiger partial charge in [0.15, 0.2) is 0 Å².